The fraction of sp³-hybridized carbons (Fsp3) is 0.500. The molecule has 0 N–H and O–H groups in total. The number of halogens is 3. The second kappa shape index (κ2) is 5.35. The average molecular weight is 312 g/mol. The van der Waals surface area contributed by atoms with Gasteiger partial charge in [-0.2, -0.15) is 13.2 Å². The molecule has 0 amide bonds. The molecule has 1 aliphatic heterocycles. The maximum atomic E-state index is 12.7. The van der Waals surface area contributed by atoms with Crippen molar-refractivity contribution < 1.29 is 17.9 Å². The Bertz CT molecular complexity index is 659. The minimum atomic E-state index is -4.47. The van der Waals surface area contributed by atoms with Gasteiger partial charge in [-0.1, -0.05) is 18.2 Å². The molecule has 2 aromatic rings. The van der Waals surface area contributed by atoms with E-state index in [1.54, 1.807) is 10.9 Å². The van der Waals surface area contributed by atoms with Crippen molar-refractivity contribution in [3.05, 3.63) is 30.1 Å². The fourth-order valence-corrected chi connectivity index (χ4v) is 2.37. The van der Waals surface area contributed by atoms with Crippen LogP contribution < -0.4 is 0 Å². The van der Waals surface area contributed by atoms with Gasteiger partial charge in [-0.05, 0) is 18.6 Å². The highest BCUT2D eigenvalue weighted by Gasteiger charge is 2.37. The van der Waals surface area contributed by atoms with Gasteiger partial charge in [-0.25, -0.2) is 4.98 Å². The average Bonchev–Trinajstić information content (AvgIpc) is 2.91. The number of pyridine rings is 1. The summed E-state index contributed by atoms with van der Waals surface area (Å²) in [6, 6.07) is 3.74. The van der Waals surface area contributed by atoms with Crippen molar-refractivity contribution in [3.8, 4) is 11.4 Å². The molecule has 3 rings (SSSR count). The van der Waals surface area contributed by atoms with E-state index in [0.717, 1.165) is 12.5 Å². The highest BCUT2D eigenvalue weighted by atomic mass is 19.4. The van der Waals surface area contributed by atoms with Crippen LogP contribution in [0.5, 0.6) is 0 Å². The van der Waals surface area contributed by atoms with Crippen LogP contribution in [0.3, 0.4) is 0 Å². The van der Waals surface area contributed by atoms with E-state index in [4.69, 9.17) is 4.74 Å². The summed E-state index contributed by atoms with van der Waals surface area (Å²) in [4.78, 5) is 3.61. The molecule has 8 heteroatoms. The number of nitrogens with zero attached hydrogens (tertiary/aromatic N) is 4. The van der Waals surface area contributed by atoms with Crippen molar-refractivity contribution in [1.29, 1.82) is 0 Å². The van der Waals surface area contributed by atoms with E-state index in [1.807, 2.05) is 0 Å². The maximum Gasteiger partial charge on any atom is 0.433 e. The lowest BCUT2D eigenvalue weighted by Crippen LogP contribution is -2.45. The van der Waals surface area contributed by atoms with Gasteiger partial charge in [-0.3, -0.25) is 4.68 Å². The van der Waals surface area contributed by atoms with E-state index in [9.17, 15) is 13.2 Å². The van der Waals surface area contributed by atoms with E-state index in [1.165, 1.54) is 12.1 Å². The summed E-state index contributed by atoms with van der Waals surface area (Å²) in [7, 11) is 0. The van der Waals surface area contributed by atoms with Crippen LogP contribution in [0.2, 0.25) is 0 Å². The van der Waals surface area contributed by atoms with E-state index >= 15 is 0 Å². The van der Waals surface area contributed by atoms with Gasteiger partial charge in [-0.15, -0.1) is 5.10 Å². The Morgan fingerprint density at radius 1 is 1.27 bits per heavy atom. The minimum absolute atomic E-state index is 0.0478. The van der Waals surface area contributed by atoms with Gasteiger partial charge in [0.15, 0.2) is 0 Å². The standard InChI is InChI=1S/C14H15F3N4O/c1-2-13(8-22-9-13)7-21-6-11(19-20-21)10-4-3-5-12(18-10)14(15,16)17/h3-6H,2,7-9H2,1H3. The van der Waals surface area contributed by atoms with Crippen LogP contribution in [-0.2, 0) is 17.5 Å². The van der Waals surface area contributed by atoms with Gasteiger partial charge in [0.1, 0.15) is 11.4 Å². The zero-order valence-electron chi connectivity index (χ0n) is 12.0. The van der Waals surface area contributed by atoms with Crippen LogP contribution in [0.1, 0.15) is 19.0 Å². The predicted octanol–water partition coefficient (Wildman–Crippen LogP) is 2.79. The first-order valence-corrected chi connectivity index (χ1v) is 6.94. The first-order valence-electron chi connectivity index (χ1n) is 6.94. The van der Waals surface area contributed by atoms with Gasteiger partial charge in [0.25, 0.3) is 0 Å². The Balaban J connectivity index is 1.82. The number of rotatable bonds is 4. The Labute approximate surface area is 125 Å². The largest absolute Gasteiger partial charge is 0.433 e. The lowest BCUT2D eigenvalue weighted by Gasteiger charge is -2.40. The first-order chi connectivity index (χ1) is 10.4. The predicted molar refractivity (Wildman–Crippen MR) is 71.8 cm³/mol. The molecule has 22 heavy (non-hydrogen) atoms. The molecule has 5 nitrogen and oxygen atoms in total. The number of hydrogen-bond acceptors (Lipinski definition) is 4. The second-order valence-electron chi connectivity index (χ2n) is 5.55. The zero-order chi connectivity index (χ0) is 15.8. The number of hydrogen-bond donors (Lipinski definition) is 0. The number of aromatic nitrogens is 4. The molecular formula is C14H15F3N4O. The van der Waals surface area contributed by atoms with Crippen molar-refractivity contribution in [2.24, 2.45) is 5.41 Å². The summed E-state index contributed by atoms with van der Waals surface area (Å²) in [6.45, 7) is 4.05. The molecule has 0 bridgehead atoms. The molecule has 0 saturated carbocycles. The Hall–Kier alpha value is -1.96. The molecule has 0 aromatic carbocycles. The third-order valence-electron chi connectivity index (χ3n) is 3.90. The van der Waals surface area contributed by atoms with Crippen molar-refractivity contribution in [2.45, 2.75) is 26.1 Å². The van der Waals surface area contributed by atoms with Gasteiger partial charge in [0, 0.05) is 5.41 Å². The van der Waals surface area contributed by atoms with E-state index < -0.39 is 11.9 Å². The minimum Gasteiger partial charge on any atom is -0.380 e. The van der Waals surface area contributed by atoms with Crippen molar-refractivity contribution in [3.63, 3.8) is 0 Å². The summed E-state index contributed by atoms with van der Waals surface area (Å²) < 4.78 is 45.0. The topological polar surface area (TPSA) is 52.8 Å². The normalized spacial score (nSPS) is 17.3. The van der Waals surface area contributed by atoms with E-state index in [0.29, 0.717) is 25.5 Å². The highest BCUT2D eigenvalue weighted by Crippen LogP contribution is 2.33. The molecule has 0 spiro atoms. The summed E-state index contributed by atoms with van der Waals surface area (Å²) >= 11 is 0. The smallest absolute Gasteiger partial charge is 0.380 e. The van der Waals surface area contributed by atoms with E-state index in [2.05, 4.69) is 22.2 Å². The van der Waals surface area contributed by atoms with Crippen LogP contribution >= 0.6 is 0 Å². The molecule has 2 aromatic heterocycles. The maximum absolute atomic E-state index is 12.7. The van der Waals surface area contributed by atoms with Crippen molar-refractivity contribution >= 4 is 0 Å². The fourth-order valence-electron chi connectivity index (χ4n) is 2.37. The van der Waals surface area contributed by atoms with Crippen LogP contribution in [0.15, 0.2) is 24.4 Å². The van der Waals surface area contributed by atoms with Gasteiger partial charge < -0.3 is 4.74 Å². The highest BCUT2D eigenvalue weighted by molar-refractivity contribution is 5.52. The Kier molecular flexibility index (Phi) is 3.64. The van der Waals surface area contributed by atoms with Crippen LogP contribution in [0.25, 0.3) is 11.4 Å². The molecule has 1 saturated heterocycles. The quantitative estimate of drug-likeness (QED) is 0.871. The molecule has 118 valence electrons. The lowest BCUT2D eigenvalue weighted by molar-refractivity contribution is -0.141. The first kappa shape index (κ1) is 15.0. The molecule has 0 radical (unpaired) electrons. The monoisotopic (exact) mass is 312 g/mol. The summed E-state index contributed by atoms with van der Waals surface area (Å²) in [5.74, 6) is 0. The molecule has 1 fully saturated rings. The zero-order valence-corrected chi connectivity index (χ0v) is 12.0. The molecule has 1 aliphatic rings. The summed E-state index contributed by atoms with van der Waals surface area (Å²) in [5.41, 5.74) is -0.391. The van der Waals surface area contributed by atoms with Crippen LogP contribution in [-0.4, -0.2) is 33.2 Å². The summed E-state index contributed by atoms with van der Waals surface area (Å²) in [5, 5.41) is 7.92. The SMILES string of the molecule is CCC1(Cn2cc(-c3cccc(C(F)(F)F)n3)nn2)COC1. The third kappa shape index (κ3) is 2.83. The van der Waals surface area contributed by atoms with Crippen LogP contribution in [0, 0.1) is 5.41 Å². The van der Waals surface area contributed by atoms with Gasteiger partial charge in [0.2, 0.25) is 0 Å². The molecule has 3 heterocycles. The second-order valence-corrected chi connectivity index (χ2v) is 5.55. The summed E-state index contributed by atoms with van der Waals surface area (Å²) in [6.07, 6.45) is -1.90. The third-order valence-corrected chi connectivity index (χ3v) is 3.90. The molecule has 0 aliphatic carbocycles. The Morgan fingerprint density at radius 2 is 2.05 bits per heavy atom. The van der Waals surface area contributed by atoms with Crippen molar-refractivity contribution in [1.82, 2.24) is 20.0 Å². The van der Waals surface area contributed by atoms with Crippen LogP contribution in [0.4, 0.5) is 13.2 Å². The van der Waals surface area contributed by atoms with Gasteiger partial charge >= 0.3 is 6.18 Å². The molecular weight excluding hydrogens is 297 g/mol. The molecule has 0 atom stereocenters. The van der Waals surface area contributed by atoms with E-state index in [-0.39, 0.29) is 11.1 Å². The Morgan fingerprint density at radius 3 is 2.64 bits per heavy atom. The van der Waals surface area contributed by atoms with Crippen molar-refractivity contribution in [2.75, 3.05) is 13.2 Å². The van der Waals surface area contributed by atoms with Gasteiger partial charge in [0.05, 0.1) is 31.6 Å². The lowest BCUT2D eigenvalue weighted by atomic mass is 9.83. The number of ether oxygens (including phenoxy) is 1. The molecule has 0 unspecified atom stereocenters. The number of alkyl halides is 3.